The summed E-state index contributed by atoms with van der Waals surface area (Å²) in [5.41, 5.74) is 0. The highest BCUT2D eigenvalue weighted by atomic mass is 32.2. The predicted molar refractivity (Wildman–Crippen MR) is 108 cm³/mol. The van der Waals surface area contributed by atoms with Crippen molar-refractivity contribution in [3.8, 4) is 0 Å². The maximum absolute atomic E-state index is 12.7. The number of anilines is 1. The van der Waals surface area contributed by atoms with Gasteiger partial charge in [0.15, 0.2) is 8.32 Å². The molecule has 1 amide bonds. The van der Waals surface area contributed by atoms with E-state index < -0.39 is 14.4 Å². The van der Waals surface area contributed by atoms with Crippen molar-refractivity contribution < 1.29 is 14.0 Å². The lowest BCUT2D eigenvalue weighted by Crippen LogP contribution is -2.49. The van der Waals surface area contributed by atoms with Crippen molar-refractivity contribution in [2.45, 2.75) is 69.9 Å². The first kappa shape index (κ1) is 22.1. The van der Waals surface area contributed by atoms with Crippen molar-refractivity contribution in [3.05, 3.63) is 18.3 Å². The molecular weight excluding hydrogens is 352 g/mol. The SMILES string of the molecule is CSc1ccc(NC(=O)[C@H](COC(C)C)O[Si](C)(C)C(C)(C)C)nc1. The quantitative estimate of drug-likeness (QED) is 0.526. The average molecular weight is 385 g/mol. The minimum Gasteiger partial charge on any atom is -0.403 e. The number of rotatable bonds is 8. The van der Waals surface area contributed by atoms with E-state index in [1.165, 1.54) is 0 Å². The molecule has 0 fully saturated rings. The van der Waals surface area contributed by atoms with E-state index in [-0.39, 0.29) is 23.7 Å². The fraction of sp³-hybridized carbons (Fsp3) is 0.667. The van der Waals surface area contributed by atoms with Gasteiger partial charge in [0.25, 0.3) is 5.91 Å². The van der Waals surface area contributed by atoms with E-state index in [0.717, 1.165) is 4.90 Å². The summed E-state index contributed by atoms with van der Waals surface area (Å²) in [4.78, 5) is 18.1. The molecule has 7 heteroatoms. The zero-order valence-electron chi connectivity index (χ0n) is 16.7. The smallest absolute Gasteiger partial charge is 0.255 e. The summed E-state index contributed by atoms with van der Waals surface area (Å²) >= 11 is 1.61. The van der Waals surface area contributed by atoms with Crippen molar-refractivity contribution in [3.63, 3.8) is 0 Å². The highest BCUT2D eigenvalue weighted by molar-refractivity contribution is 7.98. The molecule has 0 aromatic carbocycles. The van der Waals surface area contributed by atoms with Crippen LogP contribution in [0.2, 0.25) is 18.1 Å². The van der Waals surface area contributed by atoms with Gasteiger partial charge in [0, 0.05) is 11.1 Å². The molecule has 1 aromatic heterocycles. The molecule has 0 spiro atoms. The van der Waals surface area contributed by atoms with Gasteiger partial charge in [0.1, 0.15) is 11.9 Å². The minimum atomic E-state index is -2.10. The molecule has 0 saturated heterocycles. The van der Waals surface area contributed by atoms with E-state index in [1.54, 1.807) is 24.0 Å². The Bertz CT molecular complexity index is 556. The van der Waals surface area contributed by atoms with Gasteiger partial charge in [-0.2, -0.15) is 0 Å². The Hall–Kier alpha value is -0.893. The Kier molecular flexibility index (Phi) is 8.12. The molecule has 142 valence electrons. The second kappa shape index (κ2) is 9.16. The van der Waals surface area contributed by atoms with Crippen LogP contribution >= 0.6 is 11.8 Å². The van der Waals surface area contributed by atoms with Crippen molar-refractivity contribution in [2.24, 2.45) is 0 Å². The van der Waals surface area contributed by atoms with Gasteiger partial charge in [0.05, 0.1) is 12.7 Å². The number of carbonyl (C=O) groups is 1. The van der Waals surface area contributed by atoms with Gasteiger partial charge in [0.2, 0.25) is 0 Å². The molecule has 1 aromatic rings. The monoisotopic (exact) mass is 384 g/mol. The van der Waals surface area contributed by atoms with Crippen LogP contribution in [0.15, 0.2) is 23.2 Å². The summed E-state index contributed by atoms with van der Waals surface area (Å²) < 4.78 is 12.0. The van der Waals surface area contributed by atoms with Crippen LogP contribution in [0.25, 0.3) is 0 Å². The van der Waals surface area contributed by atoms with Crippen LogP contribution in [0, 0.1) is 0 Å². The Labute approximate surface area is 157 Å². The number of amides is 1. The summed E-state index contributed by atoms with van der Waals surface area (Å²) in [5.74, 6) is 0.311. The van der Waals surface area contributed by atoms with E-state index in [1.807, 2.05) is 26.2 Å². The highest BCUT2D eigenvalue weighted by Crippen LogP contribution is 2.37. The Balaban J connectivity index is 2.87. The number of nitrogens with zero attached hydrogens (tertiary/aromatic N) is 1. The van der Waals surface area contributed by atoms with E-state index >= 15 is 0 Å². The molecule has 0 unspecified atom stereocenters. The van der Waals surface area contributed by atoms with Crippen molar-refractivity contribution >= 4 is 31.8 Å². The number of aromatic nitrogens is 1. The van der Waals surface area contributed by atoms with Crippen LogP contribution in [0.3, 0.4) is 0 Å². The van der Waals surface area contributed by atoms with Gasteiger partial charge in [-0.25, -0.2) is 4.98 Å². The van der Waals surface area contributed by atoms with Gasteiger partial charge < -0.3 is 14.5 Å². The van der Waals surface area contributed by atoms with Gasteiger partial charge >= 0.3 is 0 Å². The number of hydrogen-bond donors (Lipinski definition) is 1. The molecule has 0 aliphatic rings. The molecule has 0 aliphatic heterocycles. The third-order valence-electron chi connectivity index (χ3n) is 4.34. The van der Waals surface area contributed by atoms with Gasteiger partial charge in [-0.3, -0.25) is 4.79 Å². The van der Waals surface area contributed by atoms with Crippen LogP contribution in [0.4, 0.5) is 5.82 Å². The summed E-state index contributed by atoms with van der Waals surface area (Å²) in [6, 6.07) is 3.73. The second-order valence-corrected chi connectivity index (χ2v) is 13.5. The standard InChI is InChI=1S/C18H32N2O3SSi/c1-13(2)22-12-15(23-25(7,8)18(3,4)5)17(21)20-16-10-9-14(24-6)11-19-16/h9-11,13,15H,12H2,1-8H3,(H,19,20,21)/t15-/m0/s1. The molecule has 1 heterocycles. The maximum atomic E-state index is 12.7. The molecule has 1 atom stereocenters. The van der Waals surface area contributed by atoms with Crippen LogP contribution in [-0.2, 0) is 14.0 Å². The first-order valence-electron chi connectivity index (χ1n) is 8.56. The zero-order chi connectivity index (χ0) is 19.3. The van der Waals surface area contributed by atoms with Gasteiger partial charge in [-0.1, -0.05) is 20.8 Å². The molecule has 5 nitrogen and oxygen atoms in total. The third kappa shape index (κ3) is 7.09. The summed E-state index contributed by atoms with van der Waals surface area (Å²) in [5, 5.41) is 2.86. The number of ether oxygens (including phenoxy) is 1. The van der Waals surface area contributed by atoms with Crippen LogP contribution < -0.4 is 5.32 Å². The van der Waals surface area contributed by atoms with Crippen molar-refractivity contribution in [1.29, 1.82) is 0 Å². The average Bonchev–Trinajstić information content (AvgIpc) is 2.50. The van der Waals surface area contributed by atoms with E-state index in [0.29, 0.717) is 5.82 Å². The van der Waals surface area contributed by atoms with Crippen molar-refractivity contribution in [2.75, 3.05) is 18.2 Å². The van der Waals surface area contributed by atoms with Gasteiger partial charge in [-0.05, 0) is 50.4 Å². The maximum Gasteiger partial charge on any atom is 0.255 e. The topological polar surface area (TPSA) is 60.5 Å². The first-order valence-corrected chi connectivity index (χ1v) is 12.7. The van der Waals surface area contributed by atoms with Crippen LogP contribution in [0.1, 0.15) is 34.6 Å². The second-order valence-electron chi connectivity index (χ2n) is 7.82. The molecule has 0 bridgehead atoms. The van der Waals surface area contributed by atoms with Crippen molar-refractivity contribution in [1.82, 2.24) is 4.98 Å². The lowest BCUT2D eigenvalue weighted by Gasteiger charge is -2.38. The lowest BCUT2D eigenvalue weighted by molar-refractivity contribution is -0.126. The molecule has 0 radical (unpaired) electrons. The highest BCUT2D eigenvalue weighted by Gasteiger charge is 2.41. The molecular formula is C18H32N2O3SSi. The largest absolute Gasteiger partial charge is 0.403 e. The fourth-order valence-electron chi connectivity index (χ4n) is 1.76. The molecule has 0 saturated carbocycles. The van der Waals surface area contributed by atoms with Gasteiger partial charge in [-0.15, -0.1) is 11.8 Å². The number of hydrogen-bond acceptors (Lipinski definition) is 5. The summed E-state index contributed by atoms with van der Waals surface area (Å²) in [7, 11) is -2.10. The fourth-order valence-corrected chi connectivity index (χ4v) is 3.36. The number of pyridine rings is 1. The predicted octanol–water partition coefficient (Wildman–Crippen LogP) is 4.56. The van der Waals surface area contributed by atoms with E-state index in [9.17, 15) is 4.79 Å². The molecule has 0 aliphatic carbocycles. The molecule has 25 heavy (non-hydrogen) atoms. The zero-order valence-corrected chi connectivity index (χ0v) is 18.5. The number of carbonyl (C=O) groups excluding carboxylic acids is 1. The third-order valence-corrected chi connectivity index (χ3v) is 9.54. The first-order chi connectivity index (χ1) is 11.5. The van der Waals surface area contributed by atoms with E-state index in [4.69, 9.17) is 9.16 Å². The Morgan fingerprint density at radius 1 is 1.32 bits per heavy atom. The Morgan fingerprint density at radius 2 is 1.96 bits per heavy atom. The Morgan fingerprint density at radius 3 is 2.40 bits per heavy atom. The summed E-state index contributed by atoms with van der Waals surface area (Å²) in [6.07, 6.45) is 3.12. The minimum absolute atomic E-state index is 0.0155. The summed E-state index contributed by atoms with van der Waals surface area (Å²) in [6.45, 7) is 14.9. The lowest BCUT2D eigenvalue weighted by atomic mass is 10.2. The van der Waals surface area contributed by atoms with E-state index in [2.05, 4.69) is 44.2 Å². The molecule has 1 N–H and O–H groups in total. The van der Waals surface area contributed by atoms with Crippen LogP contribution in [-0.4, -0.2) is 44.3 Å². The number of thioether (sulfide) groups is 1. The normalized spacial score (nSPS) is 13.8. The number of nitrogens with one attached hydrogen (secondary N) is 1. The van der Waals surface area contributed by atoms with Crippen LogP contribution in [0.5, 0.6) is 0 Å². The molecule has 1 rings (SSSR count).